The number of carbonyl (C=O) groups is 1. The topological polar surface area (TPSA) is 78.5 Å². The van der Waals surface area contributed by atoms with Gasteiger partial charge in [0.1, 0.15) is 0 Å². The second-order valence-corrected chi connectivity index (χ2v) is 10.5. The Kier molecular flexibility index (Phi) is 8.32. The fourth-order valence-corrected chi connectivity index (χ4v) is 5.24. The maximum atomic E-state index is 12.8. The lowest BCUT2D eigenvalue weighted by Gasteiger charge is -2.33. The summed E-state index contributed by atoms with van der Waals surface area (Å²) in [5.41, 5.74) is 2.60. The molecule has 7 heteroatoms. The van der Waals surface area contributed by atoms with Crippen molar-refractivity contribution in [3.05, 3.63) is 59.2 Å². The molecule has 1 atom stereocenters. The van der Waals surface area contributed by atoms with Crippen LogP contribution in [0.4, 0.5) is 5.69 Å². The number of nitrogens with zero attached hydrogens (tertiary/aromatic N) is 1. The minimum atomic E-state index is -3.79. The zero-order valence-electron chi connectivity index (χ0n) is 19.4. The number of sulfonamides is 1. The van der Waals surface area contributed by atoms with Crippen molar-refractivity contribution in [2.75, 3.05) is 24.4 Å². The fraction of sp³-hybridized carbons (Fsp3) is 0.480. The van der Waals surface area contributed by atoms with Crippen LogP contribution in [-0.4, -0.2) is 44.9 Å². The Hall–Kier alpha value is -2.38. The van der Waals surface area contributed by atoms with E-state index in [0.29, 0.717) is 23.8 Å². The van der Waals surface area contributed by atoms with E-state index in [1.54, 1.807) is 24.3 Å². The minimum Gasteiger partial charge on any atom is -0.352 e. The first-order chi connectivity index (χ1) is 15.3. The lowest BCUT2D eigenvalue weighted by Crippen LogP contribution is -2.38. The first-order valence-electron chi connectivity index (χ1n) is 11.5. The van der Waals surface area contributed by atoms with Gasteiger partial charge in [-0.3, -0.25) is 9.52 Å². The van der Waals surface area contributed by atoms with Crippen LogP contribution in [0.15, 0.2) is 47.4 Å². The van der Waals surface area contributed by atoms with Gasteiger partial charge in [-0.2, -0.15) is 0 Å². The molecule has 2 N–H and O–H groups in total. The van der Waals surface area contributed by atoms with Gasteiger partial charge >= 0.3 is 0 Å². The van der Waals surface area contributed by atoms with Crippen LogP contribution in [0.25, 0.3) is 0 Å². The lowest BCUT2D eigenvalue weighted by atomic mass is 10.0. The Morgan fingerprint density at radius 3 is 2.66 bits per heavy atom. The average molecular weight is 458 g/mol. The average Bonchev–Trinajstić information content (AvgIpc) is 2.74. The van der Waals surface area contributed by atoms with E-state index >= 15 is 0 Å². The molecule has 6 nitrogen and oxygen atoms in total. The van der Waals surface area contributed by atoms with Gasteiger partial charge in [0.25, 0.3) is 15.9 Å². The van der Waals surface area contributed by atoms with Crippen LogP contribution in [0.5, 0.6) is 0 Å². The molecule has 3 rings (SSSR count). The molecule has 1 aliphatic heterocycles. The summed E-state index contributed by atoms with van der Waals surface area (Å²) in [6.07, 6.45) is 5.81. The molecule has 1 amide bonds. The molecule has 174 valence electrons. The van der Waals surface area contributed by atoms with Crippen molar-refractivity contribution in [1.82, 2.24) is 10.2 Å². The third-order valence-corrected chi connectivity index (χ3v) is 7.51. The molecule has 2 aromatic rings. The van der Waals surface area contributed by atoms with Crippen LogP contribution in [0.1, 0.15) is 60.5 Å². The highest BCUT2D eigenvalue weighted by Gasteiger charge is 2.19. The molecule has 32 heavy (non-hydrogen) atoms. The summed E-state index contributed by atoms with van der Waals surface area (Å²) in [5, 5.41) is 2.95. The monoisotopic (exact) mass is 457 g/mol. The van der Waals surface area contributed by atoms with Gasteiger partial charge in [-0.05, 0) is 94.9 Å². The summed E-state index contributed by atoms with van der Waals surface area (Å²) in [6, 6.07) is 12.5. The minimum absolute atomic E-state index is 0.0776. The van der Waals surface area contributed by atoms with Crippen molar-refractivity contribution in [2.45, 2.75) is 63.8 Å². The summed E-state index contributed by atoms with van der Waals surface area (Å²) in [4.78, 5) is 15.3. The largest absolute Gasteiger partial charge is 0.352 e. The number of nitrogens with one attached hydrogen (secondary N) is 2. The van der Waals surface area contributed by atoms with E-state index in [-0.39, 0.29) is 10.8 Å². The predicted octanol–water partition coefficient (Wildman–Crippen LogP) is 4.49. The van der Waals surface area contributed by atoms with Gasteiger partial charge in [-0.25, -0.2) is 8.42 Å². The first kappa shape index (κ1) is 24.3. The Bertz CT molecular complexity index is 1040. The summed E-state index contributed by atoms with van der Waals surface area (Å²) >= 11 is 0. The van der Waals surface area contributed by atoms with E-state index in [4.69, 9.17) is 0 Å². The van der Waals surface area contributed by atoms with Crippen LogP contribution < -0.4 is 10.0 Å². The van der Waals surface area contributed by atoms with Gasteiger partial charge in [0.2, 0.25) is 0 Å². The van der Waals surface area contributed by atoms with Gasteiger partial charge in [-0.1, -0.05) is 24.6 Å². The van der Waals surface area contributed by atoms with Crippen molar-refractivity contribution in [2.24, 2.45) is 0 Å². The maximum Gasteiger partial charge on any atom is 0.261 e. The molecule has 0 aliphatic carbocycles. The third kappa shape index (κ3) is 6.56. The van der Waals surface area contributed by atoms with E-state index in [0.717, 1.165) is 30.5 Å². The second-order valence-electron chi connectivity index (χ2n) is 8.80. The molecule has 0 saturated carbocycles. The number of benzene rings is 2. The Morgan fingerprint density at radius 2 is 1.91 bits per heavy atom. The zero-order chi connectivity index (χ0) is 23.1. The van der Waals surface area contributed by atoms with Gasteiger partial charge in [0.05, 0.1) is 4.90 Å². The van der Waals surface area contributed by atoms with Crippen LogP contribution in [0.2, 0.25) is 0 Å². The van der Waals surface area contributed by atoms with E-state index < -0.39 is 10.0 Å². The van der Waals surface area contributed by atoms with E-state index in [2.05, 4.69) is 21.9 Å². The van der Waals surface area contributed by atoms with Crippen molar-refractivity contribution >= 4 is 21.6 Å². The molecule has 2 aromatic carbocycles. The standard InChI is InChI=1S/C25H35N3O3S/c1-19-9-8-11-22(17-19)27-32(30,31)23-13-12-20(2)24(18-23)25(29)26-14-5-7-16-28-15-6-4-10-21(28)3/h8-9,11-13,17-18,21,27H,4-7,10,14-16H2,1-3H3,(H,26,29). The molecule has 1 unspecified atom stereocenters. The van der Waals surface area contributed by atoms with Crippen molar-refractivity contribution in [1.29, 1.82) is 0 Å². The number of unbranched alkanes of at least 4 members (excludes halogenated alkanes) is 1. The molecule has 1 fully saturated rings. The van der Waals surface area contributed by atoms with Crippen molar-refractivity contribution in [3.8, 4) is 0 Å². The fourth-order valence-electron chi connectivity index (χ4n) is 4.16. The number of likely N-dealkylation sites (tertiary alicyclic amines) is 1. The number of amides is 1. The van der Waals surface area contributed by atoms with Gasteiger partial charge in [0, 0.05) is 23.8 Å². The molecule has 1 aliphatic rings. The SMILES string of the molecule is Cc1cccc(NS(=O)(=O)c2ccc(C)c(C(=O)NCCCCN3CCCCC3C)c2)c1. The quantitative estimate of drug-likeness (QED) is 0.544. The molecule has 0 spiro atoms. The Balaban J connectivity index is 1.56. The van der Waals surface area contributed by atoms with Crippen LogP contribution in [0, 0.1) is 13.8 Å². The summed E-state index contributed by atoms with van der Waals surface area (Å²) in [7, 11) is -3.79. The van der Waals surface area contributed by atoms with Gasteiger partial charge in [0.15, 0.2) is 0 Å². The Morgan fingerprint density at radius 1 is 1.09 bits per heavy atom. The number of rotatable bonds is 9. The molecule has 0 radical (unpaired) electrons. The van der Waals surface area contributed by atoms with E-state index in [1.165, 1.54) is 37.9 Å². The molecule has 0 bridgehead atoms. The summed E-state index contributed by atoms with van der Waals surface area (Å²) in [5.74, 6) is -0.235. The summed E-state index contributed by atoms with van der Waals surface area (Å²) < 4.78 is 28.2. The van der Waals surface area contributed by atoms with Crippen molar-refractivity contribution in [3.63, 3.8) is 0 Å². The normalized spacial score (nSPS) is 17.2. The third-order valence-electron chi connectivity index (χ3n) is 6.13. The molecule has 0 aromatic heterocycles. The maximum absolute atomic E-state index is 12.8. The van der Waals surface area contributed by atoms with E-state index in [1.807, 2.05) is 19.9 Å². The number of carbonyl (C=O) groups excluding carboxylic acids is 1. The Labute approximate surface area is 192 Å². The zero-order valence-corrected chi connectivity index (χ0v) is 20.2. The number of piperidine rings is 1. The summed E-state index contributed by atoms with van der Waals surface area (Å²) in [6.45, 7) is 8.83. The van der Waals surface area contributed by atoms with Crippen LogP contribution in [-0.2, 0) is 10.0 Å². The number of aryl methyl sites for hydroxylation is 2. The van der Waals surface area contributed by atoms with Crippen LogP contribution >= 0.6 is 0 Å². The highest BCUT2D eigenvalue weighted by atomic mass is 32.2. The predicted molar refractivity (Wildman–Crippen MR) is 130 cm³/mol. The first-order valence-corrected chi connectivity index (χ1v) is 13.0. The number of anilines is 1. The number of hydrogen-bond acceptors (Lipinski definition) is 4. The lowest BCUT2D eigenvalue weighted by molar-refractivity contribution is 0.0950. The van der Waals surface area contributed by atoms with Crippen molar-refractivity contribution < 1.29 is 13.2 Å². The second kappa shape index (κ2) is 11.0. The highest BCUT2D eigenvalue weighted by molar-refractivity contribution is 7.92. The highest BCUT2D eigenvalue weighted by Crippen LogP contribution is 2.20. The van der Waals surface area contributed by atoms with Gasteiger partial charge < -0.3 is 10.2 Å². The van der Waals surface area contributed by atoms with Crippen LogP contribution in [0.3, 0.4) is 0 Å². The number of hydrogen-bond donors (Lipinski definition) is 2. The molecule has 1 saturated heterocycles. The van der Waals surface area contributed by atoms with E-state index in [9.17, 15) is 13.2 Å². The molecular formula is C25H35N3O3S. The molecule has 1 heterocycles. The smallest absolute Gasteiger partial charge is 0.261 e. The molecular weight excluding hydrogens is 422 g/mol. The van der Waals surface area contributed by atoms with Gasteiger partial charge in [-0.15, -0.1) is 0 Å².